The van der Waals surface area contributed by atoms with Gasteiger partial charge in [0.25, 0.3) is 5.56 Å². The molecule has 0 unspecified atom stereocenters. The molecule has 3 aromatic carbocycles. The first-order valence-corrected chi connectivity index (χ1v) is 11.8. The lowest BCUT2D eigenvalue weighted by atomic mass is 10.1. The molecule has 0 amide bonds. The van der Waals surface area contributed by atoms with Crippen molar-refractivity contribution in [2.45, 2.75) is 23.9 Å². The average Bonchev–Trinajstić information content (AvgIpc) is 3.23. The molecule has 0 aliphatic rings. The number of thioether (sulfide) groups is 1. The maximum absolute atomic E-state index is 12.6. The Morgan fingerprint density at radius 1 is 1.00 bits per heavy atom. The molecule has 0 bridgehead atoms. The van der Waals surface area contributed by atoms with Crippen LogP contribution in [-0.4, -0.2) is 32.6 Å². The number of ether oxygens (including phenoxy) is 1. The van der Waals surface area contributed by atoms with E-state index in [2.05, 4.69) is 32.7 Å². The van der Waals surface area contributed by atoms with Crippen molar-refractivity contribution >= 4 is 39.7 Å². The zero-order chi connectivity index (χ0) is 23.5. The summed E-state index contributed by atoms with van der Waals surface area (Å²) >= 11 is 1.52. The normalized spacial score (nSPS) is 11.2. The average molecular weight is 471 g/mol. The second-order valence-corrected chi connectivity index (χ2v) is 8.74. The highest BCUT2D eigenvalue weighted by atomic mass is 32.2. The number of hydrogen-bond acceptors (Lipinski definition) is 6. The predicted molar refractivity (Wildman–Crippen MR) is 133 cm³/mol. The third-order valence-corrected chi connectivity index (χ3v) is 6.59. The number of aromatic nitrogens is 4. The van der Waals surface area contributed by atoms with E-state index in [0.717, 1.165) is 29.2 Å². The summed E-state index contributed by atoms with van der Waals surface area (Å²) in [5.41, 5.74) is 3.84. The molecule has 1 N–H and O–H groups in total. The Kier molecular flexibility index (Phi) is 6.14. The number of carbonyl (C=O) groups excluding carboxylic acids is 1. The number of H-pyrrole nitrogens is 1. The number of nitrogens with zero attached hydrogens (tertiary/aromatic N) is 3. The van der Waals surface area contributed by atoms with Crippen molar-refractivity contribution in [3.05, 3.63) is 100 Å². The van der Waals surface area contributed by atoms with Crippen molar-refractivity contribution in [3.8, 4) is 0 Å². The molecule has 0 atom stereocenters. The lowest BCUT2D eigenvalue weighted by Crippen LogP contribution is -2.12. The Morgan fingerprint density at radius 2 is 1.79 bits per heavy atom. The molecule has 170 valence electrons. The van der Waals surface area contributed by atoms with Crippen LogP contribution in [0.2, 0.25) is 0 Å². The van der Waals surface area contributed by atoms with E-state index in [1.165, 1.54) is 24.4 Å². The Bertz CT molecular complexity index is 1540. The molecule has 8 heteroatoms. The van der Waals surface area contributed by atoms with Gasteiger partial charge in [0, 0.05) is 6.54 Å². The van der Waals surface area contributed by atoms with Gasteiger partial charge >= 0.3 is 5.97 Å². The zero-order valence-electron chi connectivity index (χ0n) is 18.5. The minimum absolute atomic E-state index is 0.241. The molecule has 2 aromatic heterocycles. The van der Waals surface area contributed by atoms with E-state index in [1.807, 2.05) is 36.4 Å². The van der Waals surface area contributed by atoms with E-state index >= 15 is 0 Å². The van der Waals surface area contributed by atoms with E-state index in [1.54, 1.807) is 18.2 Å². The number of aryl methyl sites for hydroxylation is 2. The molecule has 0 spiro atoms. The number of fused-ring (bicyclic) bond motifs is 2. The summed E-state index contributed by atoms with van der Waals surface area (Å²) in [5, 5.41) is 1.29. The van der Waals surface area contributed by atoms with Gasteiger partial charge in [0.1, 0.15) is 5.82 Å². The van der Waals surface area contributed by atoms with Crippen LogP contribution in [0.15, 0.2) is 82.7 Å². The molecule has 5 rings (SSSR count). The third kappa shape index (κ3) is 4.45. The number of rotatable bonds is 7. The molecule has 0 saturated heterocycles. The first-order chi connectivity index (χ1) is 16.6. The Labute approximate surface area is 199 Å². The van der Waals surface area contributed by atoms with Gasteiger partial charge in [0.2, 0.25) is 0 Å². The Balaban J connectivity index is 1.43. The van der Waals surface area contributed by atoms with Crippen molar-refractivity contribution in [2.75, 3.05) is 7.11 Å². The van der Waals surface area contributed by atoms with Crippen LogP contribution in [-0.2, 0) is 23.5 Å². The summed E-state index contributed by atoms with van der Waals surface area (Å²) in [6, 6.07) is 23.2. The van der Waals surface area contributed by atoms with Crippen molar-refractivity contribution in [3.63, 3.8) is 0 Å². The van der Waals surface area contributed by atoms with Crippen molar-refractivity contribution in [1.82, 2.24) is 19.5 Å². The van der Waals surface area contributed by atoms with Crippen LogP contribution < -0.4 is 5.56 Å². The number of nitrogens with one attached hydrogen (secondary N) is 1. The first kappa shape index (κ1) is 21.9. The summed E-state index contributed by atoms with van der Waals surface area (Å²) in [6.07, 6.45) is 0.885. The highest BCUT2D eigenvalue weighted by Crippen LogP contribution is 2.27. The summed E-state index contributed by atoms with van der Waals surface area (Å²) in [7, 11) is 1.32. The van der Waals surface area contributed by atoms with E-state index in [0.29, 0.717) is 28.0 Å². The van der Waals surface area contributed by atoms with Crippen molar-refractivity contribution in [2.24, 2.45) is 0 Å². The molecular formula is C26H22N4O3S. The maximum Gasteiger partial charge on any atom is 0.337 e. The quantitative estimate of drug-likeness (QED) is 0.276. The molecule has 0 radical (unpaired) electrons. The van der Waals surface area contributed by atoms with Gasteiger partial charge in [0.15, 0.2) is 5.16 Å². The summed E-state index contributed by atoms with van der Waals surface area (Å²) in [4.78, 5) is 36.7. The number of aromatic amines is 1. The predicted octanol–water partition coefficient (Wildman–Crippen LogP) is 4.59. The molecule has 0 aliphatic heterocycles. The lowest BCUT2D eigenvalue weighted by Gasteiger charge is -2.09. The van der Waals surface area contributed by atoms with Crippen LogP contribution in [0.4, 0.5) is 0 Å². The topological polar surface area (TPSA) is 89.9 Å². The van der Waals surface area contributed by atoms with Gasteiger partial charge in [-0.2, -0.15) is 0 Å². The fourth-order valence-electron chi connectivity index (χ4n) is 3.90. The number of methoxy groups -OCH3 is 1. The fourth-order valence-corrected chi connectivity index (χ4v) is 4.81. The van der Waals surface area contributed by atoms with Gasteiger partial charge in [-0.15, -0.1) is 0 Å². The largest absolute Gasteiger partial charge is 0.465 e. The minimum Gasteiger partial charge on any atom is -0.465 e. The Hall–Kier alpha value is -3.91. The van der Waals surface area contributed by atoms with Gasteiger partial charge in [-0.3, -0.25) is 4.79 Å². The van der Waals surface area contributed by atoms with Crippen molar-refractivity contribution < 1.29 is 9.53 Å². The second-order valence-electron chi connectivity index (χ2n) is 7.80. The van der Waals surface area contributed by atoms with E-state index in [4.69, 9.17) is 9.72 Å². The van der Waals surface area contributed by atoms with Crippen LogP contribution >= 0.6 is 11.8 Å². The lowest BCUT2D eigenvalue weighted by molar-refractivity contribution is 0.0601. The molecule has 34 heavy (non-hydrogen) atoms. The number of carbonyl (C=O) groups is 1. The zero-order valence-corrected chi connectivity index (χ0v) is 19.3. The number of hydrogen-bond donors (Lipinski definition) is 1. The van der Waals surface area contributed by atoms with Crippen LogP contribution in [0.25, 0.3) is 21.9 Å². The smallest absolute Gasteiger partial charge is 0.337 e. The van der Waals surface area contributed by atoms with E-state index < -0.39 is 5.97 Å². The van der Waals surface area contributed by atoms with Crippen LogP contribution in [0.3, 0.4) is 0 Å². The molecule has 0 aliphatic carbocycles. The molecule has 0 fully saturated rings. The molecule has 0 saturated carbocycles. The number of benzene rings is 3. The van der Waals surface area contributed by atoms with Gasteiger partial charge in [-0.1, -0.05) is 54.2 Å². The molecule has 5 aromatic rings. The third-order valence-electron chi connectivity index (χ3n) is 5.60. The molecule has 7 nitrogen and oxygen atoms in total. The number of imidazole rings is 1. The second kappa shape index (κ2) is 9.52. The summed E-state index contributed by atoms with van der Waals surface area (Å²) in [6.45, 7) is 0.789. The highest BCUT2D eigenvalue weighted by Gasteiger charge is 2.14. The minimum atomic E-state index is -0.466. The van der Waals surface area contributed by atoms with E-state index in [-0.39, 0.29) is 5.56 Å². The van der Waals surface area contributed by atoms with Gasteiger partial charge in [-0.05, 0) is 42.3 Å². The fraction of sp³-hybridized carbons (Fsp3) is 0.154. The highest BCUT2D eigenvalue weighted by molar-refractivity contribution is 7.98. The van der Waals surface area contributed by atoms with Gasteiger partial charge in [0.05, 0.1) is 40.4 Å². The van der Waals surface area contributed by atoms with Gasteiger partial charge < -0.3 is 14.3 Å². The number of esters is 1. The van der Waals surface area contributed by atoms with Gasteiger partial charge in [-0.25, -0.2) is 14.8 Å². The van der Waals surface area contributed by atoms with Crippen LogP contribution in [0.1, 0.15) is 21.7 Å². The SMILES string of the molecule is COC(=O)c1ccc2c(=O)[nH]c(CSc3nc4ccccc4n3CCc3ccccc3)nc2c1. The number of para-hydroxylation sites is 2. The summed E-state index contributed by atoms with van der Waals surface area (Å²) < 4.78 is 6.99. The van der Waals surface area contributed by atoms with Crippen LogP contribution in [0, 0.1) is 0 Å². The molecule has 2 heterocycles. The maximum atomic E-state index is 12.6. The standard InChI is InChI=1S/C26H22N4O3S/c1-33-25(32)18-11-12-19-21(15-18)27-23(29-24(19)31)16-34-26-28-20-9-5-6-10-22(20)30(26)14-13-17-7-3-2-4-8-17/h2-12,15H,13-14,16H2,1H3,(H,27,29,31). The monoisotopic (exact) mass is 470 g/mol. The summed E-state index contributed by atoms with van der Waals surface area (Å²) in [5.74, 6) is 0.487. The van der Waals surface area contributed by atoms with E-state index in [9.17, 15) is 9.59 Å². The van der Waals surface area contributed by atoms with Crippen molar-refractivity contribution in [1.29, 1.82) is 0 Å². The van der Waals surface area contributed by atoms with Crippen LogP contribution in [0.5, 0.6) is 0 Å². The Morgan fingerprint density at radius 3 is 2.62 bits per heavy atom. The molecular weight excluding hydrogens is 448 g/mol. The first-order valence-electron chi connectivity index (χ1n) is 10.9.